The highest BCUT2D eigenvalue weighted by Gasteiger charge is 2.39. The molecule has 3 amide bonds. The topological polar surface area (TPSA) is 78.5 Å². The maximum absolute atomic E-state index is 14.6. The number of nitrogens with one attached hydrogen (secondary N) is 2. The van der Waals surface area contributed by atoms with Crippen molar-refractivity contribution in [3.05, 3.63) is 34.6 Å². The number of hydrogen-bond donors (Lipinski definition) is 2. The Labute approximate surface area is 144 Å². The average Bonchev–Trinajstić information content (AvgIpc) is 2.91. The van der Waals surface area contributed by atoms with Gasteiger partial charge in [0, 0.05) is 30.1 Å². The van der Waals surface area contributed by atoms with E-state index in [-0.39, 0.29) is 36.6 Å². The maximum atomic E-state index is 14.6. The minimum atomic E-state index is -0.670. The lowest BCUT2D eigenvalue weighted by atomic mass is 9.94. The van der Waals surface area contributed by atoms with E-state index in [2.05, 4.69) is 10.6 Å². The molecular weight excluding hydrogens is 325 g/mol. The first-order chi connectivity index (χ1) is 12.0. The molecule has 0 saturated carbocycles. The quantitative estimate of drug-likeness (QED) is 0.795. The number of benzene rings is 1. The third-order valence-corrected chi connectivity index (χ3v) is 5.33. The van der Waals surface area contributed by atoms with Crippen molar-refractivity contribution >= 4 is 17.7 Å². The number of hydrogen-bond acceptors (Lipinski definition) is 4. The molecule has 4 rings (SSSR count). The average molecular weight is 345 g/mol. The fourth-order valence-electron chi connectivity index (χ4n) is 3.99. The third-order valence-electron chi connectivity index (χ3n) is 5.33. The summed E-state index contributed by atoms with van der Waals surface area (Å²) in [6, 6.07) is 2.36. The van der Waals surface area contributed by atoms with Gasteiger partial charge in [0.25, 0.3) is 5.91 Å². The first kappa shape index (κ1) is 16.2. The van der Waals surface area contributed by atoms with Gasteiger partial charge in [-0.05, 0) is 43.5 Å². The van der Waals surface area contributed by atoms with Crippen LogP contribution in [0.1, 0.15) is 59.6 Å². The van der Waals surface area contributed by atoms with E-state index in [1.54, 1.807) is 6.07 Å². The Morgan fingerprint density at radius 3 is 2.68 bits per heavy atom. The lowest BCUT2D eigenvalue weighted by molar-refractivity contribution is -0.136. The van der Waals surface area contributed by atoms with E-state index in [0.29, 0.717) is 17.5 Å². The van der Waals surface area contributed by atoms with Gasteiger partial charge in [-0.1, -0.05) is 6.42 Å². The number of fused-ring (bicyclic) bond motifs is 1. The minimum Gasteiger partial charge on any atom is -0.322 e. The lowest BCUT2D eigenvalue weighted by Crippen LogP contribution is -2.52. The fraction of sp³-hybridized carbons (Fsp3) is 0.500. The van der Waals surface area contributed by atoms with Crippen molar-refractivity contribution in [2.75, 3.05) is 6.54 Å². The third kappa shape index (κ3) is 2.82. The molecule has 25 heavy (non-hydrogen) atoms. The van der Waals surface area contributed by atoms with E-state index in [0.717, 1.165) is 31.4 Å². The Morgan fingerprint density at radius 2 is 1.96 bits per heavy atom. The summed E-state index contributed by atoms with van der Waals surface area (Å²) < 4.78 is 14.6. The predicted molar refractivity (Wildman–Crippen MR) is 87.0 cm³/mol. The summed E-state index contributed by atoms with van der Waals surface area (Å²) in [6.45, 7) is 1.14. The van der Waals surface area contributed by atoms with Crippen molar-refractivity contribution in [3.8, 4) is 0 Å². The standard InChI is InChI=1S/C18H20FN3O3/c19-13-8-11-10(7-12(13)14-3-1-2-6-20-14)9-22(18(11)25)15-4-5-16(23)21-17(15)24/h7-8,14-15,20H,1-6,9H2,(H,21,23,24). The fourth-order valence-corrected chi connectivity index (χ4v) is 3.99. The molecule has 3 heterocycles. The summed E-state index contributed by atoms with van der Waals surface area (Å²) in [7, 11) is 0. The number of carbonyl (C=O) groups is 3. The zero-order valence-corrected chi connectivity index (χ0v) is 13.8. The van der Waals surface area contributed by atoms with Crippen LogP contribution in [0.4, 0.5) is 4.39 Å². The van der Waals surface area contributed by atoms with Crippen LogP contribution in [0, 0.1) is 5.82 Å². The smallest absolute Gasteiger partial charge is 0.255 e. The molecule has 3 aliphatic heterocycles. The number of amides is 3. The Kier molecular flexibility index (Phi) is 4.03. The van der Waals surface area contributed by atoms with Crippen LogP contribution in [0.5, 0.6) is 0 Å². The monoisotopic (exact) mass is 345 g/mol. The van der Waals surface area contributed by atoms with Crippen LogP contribution >= 0.6 is 0 Å². The molecule has 6 nitrogen and oxygen atoms in total. The summed E-state index contributed by atoms with van der Waals surface area (Å²) in [5, 5.41) is 5.60. The van der Waals surface area contributed by atoms with E-state index in [1.807, 2.05) is 0 Å². The van der Waals surface area contributed by atoms with Gasteiger partial charge < -0.3 is 10.2 Å². The molecule has 7 heteroatoms. The van der Waals surface area contributed by atoms with Crippen molar-refractivity contribution < 1.29 is 18.8 Å². The number of nitrogens with zero attached hydrogens (tertiary/aromatic N) is 1. The second kappa shape index (κ2) is 6.22. The Balaban J connectivity index is 1.60. The summed E-state index contributed by atoms with van der Waals surface area (Å²) >= 11 is 0. The normalized spacial score (nSPS) is 26.6. The van der Waals surface area contributed by atoms with E-state index in [4.69, 9.17) is 0 Å². The number of imide groups is 1. The van der Waals surface area contributed by atoms with Crippen LogP contribution in [-0.4, -0.2) is 35.2 Å². The molecule has 2 atom stereocenters. The van der Waals surface area contributed by atoms with Crippen LogP contribution in [0.3, 0.4) is 0 Å². The van der Waals surface area contributed by atoms with Crippen molar-refractivity contribution in [1.29, 1.82) is 0 Å². The van der Waals surface area contributed by atoms with Gasteiger partial charge >= 0.3 is 0 Å². The molecule has 0 aromatic heterocycles. The molecule has 3 aliphatic rings. The largest absolute Gasteiger partial charge is 0.322 e. The zero-order chi connectivity index (χ0) is 17.6. The van der Waals surface area contributed by atoms with E-state index >= 15 is 0 Å². The van der Waals surface area contributed by atoms with Gasteiger partial charge in [0.15, 0.2) is 0 Å². The first-order valence-corrected chi connectivity index (χ1v) is 8.75. The van der Waals surface area contributed by atoms with E-state index < -0.39 is 11.9 Å². The van der Waals surface area contributed by atoms with Crippen molar-refractivity contribution in [1.82, 2.24) is 15.5 Å². The molecule has 2 N–H and O–H groups in total. The number of piperidine rings is 2. The first-order valence-electron chi connectivity index (χ1n) is 8.75. The van der Waals surface area contributed by atoms with Crippen molar-refractivity contribution in [3.63, 3.8) is 0 Å². The second-order valence-electron chi connectivity index (χ2n) is 6.93. The molecular formula is C18H20FN3O3. The van der Waals surface area contributed by atoms with Gasteiger partial charge in [0.1, 0.15) is 11.9 Å². The zero-order valence-electron chi connectivity index (χ0n) is 13.8. The van der Waals surface area contributed by atoms with Gasteiger partial charge in [-0.15, -0.1) is 0 Å². The van der Waals surface area contributed by atoms with Crippen LogP contribution in [0.25, 0.3) is 0 Å². The highest BCUT2D eigenvalue weighted by molar-refractivity contribution is 6.05. The molecule has 2 unspecified atom stereocenters. The minimum absolute atomic E-state index is 0.0289. The van der Waals surface area contributed by atoms with Crippen molar-refractivity contribution in [2.24, 2.45) is 0 Å². The summed E-state index contributed by atoms with van der Waals surface area (Å²) in [5.41, 5.74) is 1.66. The maximum Gasteiger partial charge on any atom is 0.255 e. The molecule has 2 saturated heterocycles. The van der Waals surface area contributed by atoms with Gasteiger partial charge in [-0.25, -0.2) is 4.39 Å². The molecule has 132 valence electrons. The highest BCUT2D eigenvalue weighted by atomic mass is 19.1. The highest BCUT2D eigenvalue weighted by Crippen LogP contribution is 2.33. The molecule has 0 radical (unpaired) electrons. The van der Waals surface area contributed by atoms with Crippen LogP contribution < -0.4 is 10.6 Å². The Bertz CT molecular complexity index is 758. The van der Waals surface area contributed by atoms with Crippen LogP contribution in [0.15, 0.2) is 12.1 Å². The van der Waals surface area contributed by atoms with Gasteiger partial charge in [-0.2, -0.15) is 0 Å². The Morgan fingerprint density at radius 1 is 1.12 bits per heavy atom. The van der Waals surface area contributed by atoms with Gasteiger partial charge in [0.2, 0.25) is 11.8 Å². The van der Waals surface area contributed by atoms with Crippen LogP contribution in [-0.2, 0) is 16.1 Å². The molecule has 0 spiro atoms. The molecule has 0 aliphatic carbocycles. The summed E-state index contributed by atoms with van der Waals surface area (Å²) in [4.78, 5) is 37.5. The molecule has 2 fully saturated rings. The van der Waals surface area contributed by atoms with Crippen LogP contribution in [0.2, 0.25) is 0 Å². The Hall–Kier alpha value is -2.28. The molecule has 0 bridgehead atoms. The molecule has 1 aromatic rings. The number of rotatable bonds is 2. The number of carbonyl (C=O) groups excluding carboxylic acids is 3. The van der Waals surface area contributed by atoms with E-state index in [9.17, 15) is 18.8 Å². The predicted octanol–water partition coefficient (Wildman–Crippen LogP) is 1.40. The summed E-state index contributed by atoms with van der Waals surface area (Å²) in [5.74, 6) is -1.49. The molecule has 1 aromatic carbocycles. The van der Waals surface area contributed by atoms with E-state index in [1.165, 1.54) is 11.0 Å². The second-order valence-corrected chi connectivity index (χ2v) is 6.93. The number of halogens is 1. The van der Waals surface area contributed by atoms with Gasteiger partial charge in [-0.3, -0.25) is 19.7 Å². The lowest BCUT2D eigenvalue weighted by Gasteiger charge is -2.29. The van der Waals surface area contributed by atoms with Crippen molar-refractivity contribution in [2.45, 2.75) is 50.7 Å². The SMILES string of the molecule is O=C1CCC(N2Cc3cc(C4CCCCN4)c(F)cc3C2=O)C(=O)N1. The summed E-state index contributed by atoms with van der Waals surface area (Å²) in [6.07, 6.45) is 3.53. The van der Waals surface area contributed by atoms with Gasteiger partial charge in [0.05, 0.1) is 0 Å².